The predicted molar refractivity (Wildman–Crippen MR) is 28.6 cm³/mol. The fraction of sp³-hybridized carbons (Fsp3) is 0.750. The summed E-state index contributed by atoms with van der Waals surface area (Å²) >= 11 is 0.968. The molecule has 0 saturated heterocycles. The molecule has 0 bridgehead atoms. The van der Waals surface area contributed by atoms with Gasteiger partial charge in [0.2, 0.25) is 0 Å². The molecule has 0 atom stereocenters. The molecule has 2 radical (unpaired) electrons. The van der Waals surface area contributed by atoms with Crippen molar-refractivity contribution in [3.05, 3.63) is 0 Å². The third-order valence-electron chi connectivity index (χ3n) is 0.472. The van der Waals surface area contributed by atoms with Crippen molar-refractivity contribution in [2.24, 2.45) is 0 Å². The van der Waals surface area contributed by atoms with E-state index in [9.17, 15) is 4.79 Å². The molecule has 7 heavy (non-hydrogen) atoms. The molecule has 0 unspecified atom stereocenters. The van der Waals surface area contributed by atoms with Gasteiger partial charge in [-0.15, -0.1) is 0 Å². The van der Waals surface area contributed by atoms with Crippen molar-refractivity contribution in [1.82, 2.24) is 0 Å². The van der Waals surface area contributed by atoms with Gasteiger partial charge in [-0.25, -0.2) is 0 Å². The van der Waals surface area contributed by atoms with Gasteiger partial charge >= 0.3 is 56.0 Å². The van der Waals surface area contributed by atoms with Gasteiger partial charge in [0.05, 0.1) is 0 Å². The second-order valence-electron chi connectivity index (χ2n) is 1.01. The fourth-order valence-corrected chi connectivity index (χ4v) is 0.556. The van der Waals surface area contributed by atoms with Crippen LogP contribution in [0.4, 0.5) is 0 Å². The van der Waals surface area contributed by atoms with Gasteiger partial charge in [-0.1, -0.05) is 0 Å². The van der Waals surface area contributed by atoms with E-state index in [0.717, 1.165) is 22.5 Å². The van der Waals surface area contributed by atoms with E-state index in [1.165, 1.54) is 0 Å². The van der Waals surface area contributed by atoms with E-state index in [2.05, 4.69) is 4.74 Å². The summed E-state index contributed by atoms with van der Waals surface area (Å²) in [6, 6.07) is 0. The first kappa shape index (κ1) is 7.27. The molecule has 0 aliphatic rings. The van der Waals surface area contributed by atoms with Gasteiger partial charge in [0, 0.05) is 0 Å². The van der Waals surface area contributed by atoms with Crippen LogP contribution in [0, 0.1) is 0 Å². The maximum atomic E-state index is 10.2. The monoisotopic (exact) mass is 208 g/mol. The Morgan fingerprint density at radius 2 is 2.43 bits per heavy atom. The van der Waals surface area contributed by atoms with Gasteiger partial charge < -0.3 is 0 Å². The zero-order chi connectivity index (χ0) is 5.70. The second-order valence-corrected chi connectivity index (χ2v) is 2.17. The Morgan fingerprint density at radius 3 is 2.57 bits per heavy atom. The van der Waals surface area contributed by atoms with Crippen LogP contribution in [0.3, 0.4) is 0 Å². The van der Waals surface area contributed by atoms with Gasteiger partial charge in [0.1, 0.15) is 0 Å². The first-order valence-electron chi connectivity index (χ1n) is 2.17. The maximum absolute atomic E-state index is 10.2. The molecule has 0 N–H and O–H groups in total. The van der Waals surface area contributed by atoms with Crippen LogP contribution in [-0.4, -0.2) is 35.1 Å². The van der Waals surface area contributed by atoms with Crippen LogP contribution in [0.5, 0.6) is 0 Å². The van der Waals surface area contributed by atoms with Gasteiger partial charge in [-0.3, -0.25) is 0 Å². The van der Waals surface area contributed by atoms with Crippen LogP contribution in [0.25, 0.3) is 0 Å². The molecule has 0 saturated carbocycles. The summed E-state index contributed by atoms with van der Waals surface area (Å²) in [7, 11) is 0. The molecule has 0 heterocycles. The molecule has 40 valence electrons. The van der Waals surface area contributed by atoms with E-state index in [1.54, 1.807) is 0 Å². The summed E-state index contributed by atoms with van der Waals surface area (Å²) in [5.74, 6) is -0.0649. The third kappa shape index (κ3) is 4.11. The van der Waals surface area contributed by atoms with E-state index in [0.29, 0.717) is 11.0 Å². The molecule has 0 aliphatic heterocycles. The Morgan fingerprint density at radius 1 is 1.86 bits per heavy atom. The quantitative estimate of drug-likeness (QED) is 0.465. The van der Waals surface area contributed by atoms with Crippen molar-refractivity contribution < 1.29 is 9.53 Å². The second kappa shape index (κ2) is 4.43. The van der Waals surface area contributed by atoms with Crippen LogP contribution >= 0.6 is 0 Å². The number of rotatable bonds is 2. The van der Waals surface area contributed by atoms with Crippen LogP contribution in [0.1, 0.15) is 6.92 Å². The predicted octanol–water partition coefficient (Wildman–Crippen LogP) is -0.131. The number of hydrogen-bond acceptors (Lipinski definition) is 2. The third-order valence-corrected chi connectivity index (χ3v) is 1.42. The number of esters is 1. The average molecular weight is 207 g/mol. The molecule has 0 aromatic heterocycles. The van der Waals surface area contributed by atoms with E-state index >= 15 is 0 Å². The summed E-state index contributed by atoms with van der Waals surface area (Å²) in [5, 5.41) is 0. The Labute approximate surface area is 56.3 Å². The molecule has 0 rings (SSSR count). The summed E-state index contributed by atoms with van der Waals surface area (Å²) in [6.45, 7) is 2.33. The van der Waals surface area contributed by atoms with E-state index in [4.69, 9.17) is 0 Å². The van der Waals surface area contributed by atoms with Crippen LogP contribution in [0.15, 0.2) is 0 Å². The van der Waals surface area contributed by atoms with Crippen LogP contribution < -0.4 is 0 Å². The van der Waals surface area contributed by atoms with Crippen molar-refractivity contribution >= 4 is 28.5 Å². The van der Waals surface area contributed by atoms with E-state index in [1.807, 2.05) is 6.92 Å². The topological polar surface area (TPSA) is 26.3 Å². The van der Waals surface area contributed by atoms with E-state index < -0.39 is 0 Å². The summed E-state index contributed by atoms with van der Waals surface area (Å²) < 4.78 is 5.19. The Hall–Kier alpha value is 0.269. The van der Waals surface area contributed by atoms with Crippen LogP contribution in [-0.2, 0) is 9.53 Å². The van der Waals surface area contributed by atoms with Gasteiger partial charge in [0.25, 0.3) is 0 Å². The Bertz CT molecular complexity index is 62.7. The van der Waals surface area contributed by atoms with Crippen molar-refractivity contribution in [3.8, 4) is 0 Å². The summed E-state index contributed by atoms with van der Waals surface area (Å²) in [4.78, 5) is 10.2. The van der Waals surface area contributed by atoms with Crippen molar-refractivity contribution in [2.45, 2.75) is 11.4 Å². The molecule has 3 heteroatoms. The number of carbonyl (C=O) groups is 1. The zero-order valence-corrected chi connectivity index (χ0v) is 7.60. The summed E-state index contributed by atoms with van der Waals surface area (Å²) in [6.07, 6.45) is 0. The average Bonchev–Trinajstić information content (AvgIpc) is 1.68. The minimum absolute atomic E-state index is 0.0649. The van der Waals surface area contributed by atoms with Gasteiger partial charge in [-0.05, 0) is 0 Å². The van der Waals surface area contributed by atoms with Crippen molar-refractivity contribution in [1.29, 1.82) is 0 Å². The van der Waals surface area contributed by atoms with Gasteiger partial charge in [-0.2, -0.15) is 0 Å². The molecular formula is C4H8O2Sn. The SMILES string of the molecule is CCOC(=O)[CH2][SnH]. The molecule has 0 amide bonds. The molecule has 2 nitrogen and oxygen atoms in total. The first-order chi connectivity index (χ1) is 3.31. The molecule has 0 aliphatic carbocycles. The molecule has 0 spiro atoms. The van der Waals surface area contributed by atoms with Crippen LogP contribution in [0.2, 0.25) is 4.44 Å². The summed E-state index contributed by atoms with van der Waals surface area (Å²) in [5.41, 5.74) is 0. The molecule has 0 fully saturated rings. The van der Waals surface area contributed by atoms with Gasteiger partial charge in [0.15, 0.2) is 0 Å². The Balaban J connectivity index is 3.00. The zero-order valence-electron chi connectivity index (χ0n) is 4.31. The molecule has 0 aromatic carbocycles. The number of carbonyl (C=O) groups excluding carboxylic acids is 1. The standard InChI is InChI=1S/C4H7O2.Sn.H/c1-3-6-4(2)5;;/h2-3H2,1H3;;. The minimum atomic E-state index is -0.0649. The molecular weight excluding hydrogens is 199 g/mol. The van der Waals surface area contributed by atoms with Crippen molar-refractivity contribution in [2.75, 3.05) is 6.61 Å². The molecule has 0 aromatic rings. The first-order valence-corrected chi connectivity index (χ1v) is 4.50. The normalized spacial score (nSPS) is 8.29. The fourth-order valence-electron chi connectivity index (χ4n) is 0.220. The van der Waals surface area contributed by atoms with Crippen molar-refractivity contribution in [3.63, 3.8) is 0 Å². The number of ether oxygens (including phenoxy) is 1. The number of hydrogen-bond donors (Lipinski definition) is 0. The van der Waals surface area contributed by atoms with E-state index in [-0.39, 0.29) is 5.97 Å². The Kier molecular flexibility index (Phi) is 4.60.